The molecule has 0 atom stereocenters. The minimum Gasteiger partial charge on any atom is -0.494 e. The normalized spacial score (nSPS) is 10.7. The second-order valence-corrected chi connectivity index (χ2v) is 6.56. The second-order valence-electron chi connectivity index (χ2n) is 6.56. The molecule has 2 amide bonds. The van der Waals surface area contributed by atoms with Crippen LogP contribution in [-0.4, -0.2) is 31.5 Å². The van der Waals surface area contributed by atoms with Crippen LogP contribution in [0.15, 0.2) is 48.5 Å². The van der Waals surface area contributed by atoms with Gasteiger partial charge in [0.15, 0.2) is 0 Å². The number of esters is 1. The molecule has 0 spiro atoms. The monoisotopic (exact) mass is 384 g/mol. The number of ether oxygens (including phenoxy) is 2. The molecule has 148 valence electrons. The van der Waals surface area contributed by atoms with Crippen LogP contribution in [0.4, 0.5) is 11.4 Å². The molecule has 2 rings (SSSR count). The third kappa shape index (κ3) is 5.09. The van der Waals surface area contributed by atoms with Crippen LogP contribution >= 0.6 is 0 Å². The predicted octanol–water partition coefficient (Wildman–Crippen LogP) is 3.48. The standard InChI is InChI=1S/C21H24N2O5/c1-5-28-17-11-9-15(10-12-17)22-19(25)21(2,3)20(26)23-16-8-6-7-14(13-16)18(24)27-4/h6-13H,5H2,1-4H3,(H,22,25)(H,23,26). The maximum absolute atomic E-state index is 12.6. The highest BCUT2D eigenvalue weighted by molar-refractivity contribution is 6.14. The Morgan fingerprint density at radius 2 is 1.54 bits per heavy atom. The summed E-state index contributed by atoms with van der Waals surface area (Å²) >= 11 is 0. The van der Waals surface area contributed by atoms with Crippen LogP contribution in [0.3, 0.4) is 0 Å². The molecule has 0 saturated heterocycles. The lowest BCUT2D eigenvalue weighted by atomic mass is 9.90. The molecule has 0 saturated carbocycles. The molecule has 7 heteroatoms. The lowest BCUT2D eigenvalue weighted by molar-refractivity contribution is -0.135. The van der Waals surface area contributed by atoms with Crippen molar-refractivity contribution in [3.05, 3.63) is 54.1 Å². The molecule has 0 aliphatic heterocycles. The first kappa shape index (κ1) is 21.0. The zero-order valence-electron chi connectivity index (χ0n) is 16.4. The van der Waals surface area contributed by atoms with Gasteiger partial charge in [-0.3, -0.25) is 9.59 Å². The Hall–Kier alpha value is -3.35. The molecule has 0 radical (unpaired) electrons. The summed E-state index contributed by atoms with van der Waals surface area (Å²) in [5.74, 6) is -0.775. The first-order valence-corrected chi connectivity index (χ1v) is 8.82. The van der Waals surface area contributed by atoms with Crippen LogP contribution in [0, 0.1) is 5.41 Å². The van der Waals surface area contributed by atoms with Gasteiger partial charge >= 0.3 is 5.97 Å². The van der Waals surface area contributed by atoms with Gasteiger partial charge in [0.25, 0.3) is 0 Å². The van der Waals surface area contributed by atoms with Gasteiger partial charge in [-0.2, -0.15) is 0 Å². The summed E-state index contributed by atoms with van der Waals surface area (Å²) in [7, 11) is 1.28. The summed E-state index contributed by atoms with van der Waals surface area (Å²) in [6, 6.07) is 13.2. The van der Waals surface area contributed by atoms with E-state index < -0.39 is 23.2 Å². The van der Waals surface area contributed by atoms with Gasteiger partial charge < -0.3 is 20.1 Å². The number of carbonyl (C=O) groups excluding carboxylic acids is 3. The average Bonchev–Trinajstić information content (AvgIpc) is 2.69. The van der Waals surface area contributed by atoms with Crippen LogP contribution in [0.5, 0.6) is 5.75 Å². The fourth-order valence-corrected chi connectivity index (χ4v) is 2.32. The number of rotatable bonds is 7. The van der Waals surface area contributed by atoms with Crippen LogP contribution in [-0.2, 0) is 14.3 Å². The van der Waals surface area contributed by atoms with Crippen molar-refractivity contribution in [2.75, 3.05) is 24.4 Å². The summed E-state index contributed by atoms with van der Waals surface area (Å²) in [5.41, 5.74) is -0.0892. The molecule has 0 bridgehead atoms. The van der Waals surface area contributed by atoms with E-state index in [-0.39, 0.29) is 0 Å². The SMILES string of the molecule is CCOc1ccc(NC(=O)C(C)(C)C(=O)Nc2cccc(C(=O)OC)c2)cc1. The highest BCUT2D eigenvalue weighted by Gasteiger charge is 2.36. The minimum absolute atomic E-state index is 0.303. The highest BCUT2D eigenvalue weighted by Crippen LogP contribution is 2.23. The molecule has 0 aliphatic rings. The maximum atomic E-state index is 12.6. The Kier molecular flexibility index (Phi) is 6.76. The van der Waals surface area contributed by atoms with Crippen LogP contribution in [0.1, 0.15) is 31.1 Å². The molecular weight excluding hydrogens is 360 g/mol. The smallest absolute Gasteiger partial charge is 0.337 e. The van der Waals surface area contributed by atoms with Gasteiger partial charge in [0, 0.05) is 11.4 Å². The summed E-state index contributed by atoms with van der Waals surface area (Å²) in [6.45, 7) is 5.49. The number of methoxy groups -OCH3 is 1. The largest absolute Gasteiger partial charge is 0.494 e. The molecule has 28 heavy (non-hydrogen) atoms. The molecule has 0 unspecified atom stereocenters. The van der Waals surface area contributed by atoms with Gasteiger partial charge in [-0.1, -0.05) is 6.07 Å². The molecule has 0 aromatic heterocycles. The summed E-state index contributed by atoms with van der Waals surface area (Å²) in [5, 5.41) is 5.39. The molecule has 0 heterocycles. The molecule has 7 nitrogen and oxygen atoms in total. The van der Waals surface area contributed by atoms with E-state index in [1.165, 1.54) is 27.0 Å². The number of hydrogen-bond acceptors (Lipinski definition) is 5. The fourth-order valence-electron chi connectivity index (χ4n) is 2.32. The lowest BCUT2D eigenvalue weighted by Gasteiger charge is -2.23. The quantitative estimate of drug-likeness (QED) is 0.563. The van der Waals surface area contributed by atoms with Gasteiger partial charge in [-0.25, -0.2) is 4.79 Å². The molecule has 0 fully saturated rings. The van der Waals surface area contributed by atoms with Crippen molar-refractivity contribution in [3.63, 3.8) is 0 Å². The zero-order chi connectivity index (χ0) is 20.7. The van der Waals surface area contributed by atoms with Crippen molar-refractivity contribution in [1.82, 2.24) is 0 Å². The number of anilines is 2. The summed E-state index contributed by atoms with van der Waals surface area (Å²) < 4.78 is 10.0. The molecular formula is C21H24N2O5. The molecule has 2 N–H and O–H groups in total. The molecule has 0 aliphatic carbocycles. The minimum atomic E-state index is -1.35. The Morgan fingerprint density at radius 1 is 0.929 bits per heavy atom. The number of carbonyl (C=O) groups is 3. The van der Waals surface area contributed by atoms with E-state index in [4.69, 9.17) is 4.74 Å². The van der Waals surface area contributed by atoms with Crippen molar-refractivity contribution in [1.29, 1.82) is 0 Å². The number of hydrogen-bond donors (Lipinski definition) is 2. The van der Waals surface area contributed by atoms with Gasteiger partial charge in [0.05, 0.1) is 19.3 Å². The Labute approximate surface area is 164 Å². The van der Waals surface area contributed by atoms with Crippen LogP contribution in [0.25, 0.3) is 0 Å². The highest BCUT2D eigenvalue weighted by atomic mass is 16.5. The lowest BCUT2D eigenvalue weighted by Crippen LogP contribution is -2.41. The van der Waals surface area contributed by atoms with E-state index in [2.05, 4.69) is 15.4 Å². The topological polar surface area (TPSA) is 93.7 Å². The van der Waals surface area contributed by atoms with Crippen LogP contribution < -0.4 is 15.4 Å². The van der Waals surface area contributed by atoms with Gasteiger partial charge in [0.2, 0.25) is 11.8 Å². The van der Waals surface area contributed by atoms with E-state index in [1.807, 2.05) is 6.92 Å². The molecule has 2 aromatic carbocycles. The fraction of sp³-hybridized carbons (Fsp3) is 0.286. The van der Waals surface area contributed by atoms with E-state index >= 15 is 0 Å². The predicted molar refractivity (Wildman–Crippen MR) is 106 cm³/mol. The van der Waals surface area contributed by atoms with Gasteiger partial charge in [0.1, 0.15) is 11.2 Å². The first-order chi connectivity index (χ1) is 13.3. The summed E-state index contributed by atoms with van der Waals surface area (Å²) in [4.78, 5) is 36.9. The maximum Gasteiger partial charge on any atom is 0.337 e. The van der Waals surface area contributed by atoms with Crippen molar-refractivity contribution in [3.8, 4) is 5.75 Å². The Morgan fingerprint density at radius 3 is 2.11 bits per heavy atom. The number of amides is 2. The van der Waals surface area contributed by atoms with Crippen molar-refractivity contribution < 1.29 is 23.9 Å². The van der Waals surface area contributed by atoms with Crippen molar-refractivity contribution in [2.45, 2.75) is 20.8 Å². The van der Waals surface area contributed by atoms with Crippen LogP contribution in [0.2, 0.25) is 0 Å². The van der Waals surface area contributed by atoms with Crippen molar-refractivity contribution in [2.24, 2.45) is 5.41 Å². The third-order valence-electron chi connectivity index (χ3n) is 4.10. The second kappa shape index (κ2) is 9.03. The number of nitrogens with one attached hydrogen (secondary N) is 2. The average molecular weight is 384 g/mol. The summed E-state index contributed by atoms with van der Waals surface area (Å²) in [6.07, 6.45) is 0. The van der Waals surface area contributed by atoms with E-state index in [0.29, 0.717) is 29.3 Å². The zero-order valence-corrected chi connectivity index (χ0v) is 16.4. The Balaban J connectivity index is 2.06. The van der Waals surface area contributed by atoms with Gasteiger partial charge in [-0.05, 0) is 63.2 Å². The third-order valence-corrected chi connectivity index (χ3v) is 4.10. The Bertz CT molecular complexity index is 859. The van der Waals surface area contributed by atoms with E-state index in [9.17, 15) is 14.4 Å². The first-order valence-electron chi connectivity index (χ1n) is 8.82. The van der Waals surface area contributed by atoms with Crippen molar-refractivity contribution >= 4 is 29.2 Å². The molecule has 2 aromatic rings. The van der Waals surface area contributed by atoms with Gasteiger partial charge in [-0.15, -0.1) is 0 Å². The van der Waals surface area contributed by atoms with E-state index in [1.54, 1.807) is 42.5 Å². The number of benzene rings is 2. The van der Waals surface area contributed by atoms with E-state index in [0.717, 1.165) is 0 Å².